The fourth-order valence-electron chi connectivity index (χ4n) is 2.80. The van der Waals surface area contributed by atoms with Crippen LogP contribution < -0.4 is 14.8 Å². The van der Waals surface area contributed by atoms with E-state index in [2.05, 4.69) is 26.0 Å². The second kappa shape index (κ2) is 10.2. The van der Waals surface area contributed by atoms with E-state index in [4.69, 9.17) is 4.74 Å². The van der Waals surface area contributed by atoms with Crippen molar-refractivity contribution in [1.29, 1.82) is 0 Å². The summed E-state index contributed by atoms with van der Waals surface area (Å²) in [6.07, 6.45) is -0.0137. The Morgan fingerprint density at radius 2 is 1.90 bits per heavy atom. The second-order valence-electron chi connectivity index (χ2n) is 6.48. The fraction of sp³-hybridized carbons (Fsp3) is 0.190. The molecule has 2 N–H and O–H groups in total. The van der Waals surface area contributed by atoms with Crippen LogP contribution in [0.2, 0.25) is 0 Å². The standard InChI is InChI=1S/C21H21BrN2O4S2/c1-28-17-5-2-4-15(12-17)14-23-21(25)13-19(20-6-3-11-29-20)24-30(26,27)18-9-7-16(22)8-10-18/h2-12,19,24H,13-14H2,1H3,(H,23,25). The Labute approximate surface area is 188 Å². The third-order valence-corrected chi connectivity index (χ3v) is 7.32. The Kier molecular flexibility index (Phi) is 7.65. The molecule has 158 valence electrons. The summed E-state index contributed by atoms with van der Waals surface area (Å²) in [5, 5.41) is 4.70. The molecule has 9 heteroatoms. The van der Waals surface area contributed by atoms with Gasteiger partial charge in [-0.15, -0.1) is 11.3 Å². The highest BCUT2D eigenvalue weighted by molar-refractivity contribution is 9.10. The van der Waals surface area contributed by atoms with E-state index in [1.807, 2.05) is 41.8 Å². The predicted octanol–water partition coefficient (Wildman–Crippen LogP) is 4.25. The van der Waals surface area contributed by atoms with Gasteiger partial charge in [-0.2, -0.15) is 0 Å². The van der Waals surface area contributed by atoms with Crippen LogP contribution in [0.25, 0.3) is 0 Å². The number of carbonyl (C=O) groups is 1. The van der Waals surface area contributed by atoms with Gasteiger partial charge in [-0.05, 0) is 53.4 Å². The highest BCUT2D eigenvalue weighted by atomic mass is 79.9. The number of methoxy groups -OCH3 is 1. The smallest absolute Gasteiger partial charge is 0.241 e. The van der Waals surface area contributed by atoms with Gasteiger partial charge in [0.2, 0.25) is 15.9 Å². The van der Waals surface area contributed by atoms with E-state index in [1.54, 1.807) is 19.2 Å². The minimum atomic E-state index is -3.78. The number of carbonyl (C=O) groups excluding carboxylic acids is 1. The topological polar surface area (TPSA) is 84.5 Å². The molecule has 0 aliphatic rings. The van der Waals surface area contributed by atoms with Gasteiger partial charge in [-0.1, -0.05) is 34.1 Å². The van der Waals surface area contributed by atoms with Crippen molar-refractivity contribution in [2.45, 2.75) is 23.9 Å². The normalized spacial score (nSPS) is 12.3. The zero-order valence-corrected chi connectivity index (χ0v) is 19.4. The summed E-state index contributed by atoms with van der Waals surface area (Å²) in [5.41, 5.74) is 0.894. The molecule has 0 bridgehead atoms. The molecular formula is C21H21BrN2O4S2. The van der Waals surface area contributed by atoms with Gasteiger partial charge in [0.15, 0.2) is 0 Å². The molecule has 0 radical (unpaired) electrons. The SMILES string of the molecule is COc1cccc(CNC(=O)CC(NS(=O)(=O)c2ccc(Br)cc2)c2cccs2)c1. The van der Waals surface area contributed by atoms with Crippen LogP contribution in [0.5, 0.6) is 5.75 Å². The van der Waals surface area contributed by atoms with Crippen LogP contribution in [0.3, 0.4) is 0 Å². The lowest BCUT2D eigenvalue weighted by atomic mass is 10.1. The van der Waals surface area contributed by atoms with E-state index in [-0.39, 0.29) is 17.2 Å². The Balaban J connectivity index is 1.69. The first-order chi connectivity index (χ1) is 14.4. The first-order valence-electron chi connectivity index (χ1n) is 9.08. The molecule has 1 unspecified atom stereocenters. The summed E-state index contributed by atoms with van der Waals surface area (Å²) >= 11 is 4.70. The molecule has 0 fully saturated rings. The Bertz CT molecular complexity index is 1080. The maximum atomic E-state index is 12.8. The zero-order chi connectivity index (χ0) is 21.6. The molecule has 0 aliphatic heterocycles. The number of hydrogen-bond acceptors (Lipinski definition) is 5. The number of thiophene rings is 1. The number of rotatable bonds is 9. The minimum Gasteiger partial charge on any atom is -0.497 e. The third-order valence-electron chi connectivity index (χ3n) is 4.32. The maximum absolute atomic E-state index is 12.8. The van der Waals surface area contributed by atoms with Gasteiger partial charge in [0.1, 0.15) is 5.75 Å². The number of halogens is 1. The largest absolute Gasteiger partial charge is 0.497 e. The lowest BCUT2D eigenvalue weighted by molar-refractivity contribution is -0.121. The second-order valence-corrected chi connectivity index (χ2v) is 10.1. The van der Waals surface area contributed by atoms with E-state index in [9.17, 15) is 13.2 Å². The van der Waals surface area contributed by atoms with Gasteiger partial charge in [0.05, 0.1) is 18.0 Å². The maximum Gasteiger partial charge on any atom is 0.241 e. The van der Waals surface area contributed by atoms with Gasteiger partial charge in [-0.25, -0.2) is 13.1 Å². The number of amides is 1. The molecule has 6 nitrogen and oxygen atoms in total. The molecule has 1 amide bonds. The monoisotopic (exact) mass is 508 g/mol. The van der Waals surface area contributed by atoms with Crippen LogP contribution in [0.1, 0.15) is 22.9 Å². The Hall–Kier alpha value is -2.20. The molecule has 30 heavy (non-hydrogen) atoms. The molecule has 3 aromatic rings. The fourth-order valence-corrected chi connectivity index (χ4v) is 5.13. The number of benzene rings is 2. The molecule has 0 aliphatic carbocycles. The van der Waals surface area contributed by atoms with Gasteiger partial charge < -0.3 is 10.1 Å². The molecular weight excluding hydrogens is 488 g/mol. The van der Waals surface area contributed by atoms with Crippen molar-refractivity contribution in [2.24, 2.45) is 0 Å². The van der Waals surface area contributed by atoms with Gasteiger partial charge in [-0.3, -0.25) is 4.79 Å². The Morgan fingerprint density at radius 1 is 1.13 bits per heavy atom. The molecule has 1 heterocycles. The number of ether oxygens (including phenoxy) is 1. The van der Waals surface area contributed by atoms with E-state index in [1.165, 1.54) is 23.5 Å². The molecule has 1 aromatic heterocycles. The van der Waals surface area contributed by atoms with Crippen molar-refractivity contribution < 1.29 is 17.9 Å². The van der Waals surface area contributed by atoms with Gasteiger partial charge in [0.25, 0.3) is 0 Å². The highest BCUT2D eigenvalue weighted by Crippen LogP contribution is 2.25. The van der Waals surface area contributed by atoms with Crippen molar-refractivity contribution >= 4 is 43.2 Å². The molecule has 0 saturated carbocycles. The van der Waals surface area contributed by atoms with Gasteiger partial charge in [0, 0.05) is 22.3 Å². The molecule has 3 rings (SSSR count). The lowest BCUT2D eigenvalue weighted by Gasteiger charge is -2.18. The van der Waals surface area contributed by atoms with E-state index in [0.29, 0.717) is 12.3 Å². The highest BCUT2D eigenvalue weighted by Gasteiger charge is 2.24. The summed E-state index contributed by atoms with van der Waals surface area (Å²) in [6.45, 7) is 0.326. The lowest BCUT2D eigenvalue weighted by Crippen LogP contribution is -2.33. The van der Waals surface area contributed by atoms with Crippen molar-refractivity contribution in [3.63, 3.8) is 0 Å². The van der Waals surface area contributed by atoms with Crippen molar-refractivity contribution in [2.75, 3.05) is 7.11 Å². The summed E-state index contributed by atoms with van der Waals surface area (Å²) in [4.78, 5) is 13.5. The predicted molar refractivity (Wildman–Crippen MR) is 121 cm³/mol. The van der Waals surface area contributed by atoms with Crippen molar-refractivity contribution in [1.82, 2.24) is 10.0 Å². The van der Waals surface area contributed by atoms with Crippen molar-refractivity contribution in [3.8, 4) is 5.75 Å². The summed E-state index contributed by atoms with van der Waals surface area (Å²) < 4.78 is 34.3. The summed E-state index contributed by atoms with van der Waals surface area (Å²) in [7, 11) is -2.20. The van der Waals surface area contributed by atoms with E-state index < -0.39 is 16.1 Å². The number of hydrogen-bond donors (Lipinski definition) is 2. The van der Waals surface area contributed by atoms with Crippen LogP contribution >= 0.6 is 27.3 Å². The summed E-state index contributed by atoms with van der Waals surface area (Å²) in [6, 6.07) is 16.7. The van der Waals surface area contributed by atoms with Crippen LogP contribution in [0, 0.1) is 0 Å². The van der Waals surface area contributed by atoms with Crippen LogP contribution in [-0.2, 0) is 21.4 Å². The van der Waals surface area contributed by atoms with E-state index >= 15 is 0 Å². The van der Waals surface area contributed by atoms with Crippen LogP contribution in [0.15, 0.2) is 75.4 Å². The molecule has 1 atom stereocenters. The molecule has 0 saturated heterocycles. The third kappa shape index (κ3) is 6.15. The quantitative estimate of drug-likeness (QED) is 0.452. The first kappa shape index (κ1) is 22.5. The average molecular weight is 509 g/mol. The van der Waals surface area contributed by atoms with Gasteiger partial charge >= 0.3 is 0 Å². The number of nitrogens with one attached hydrogen (secondary N) is 2. The average Bonchev–Trinajstić information content (AvgIpc) is 3.27. The minimum absolute atomic E-state index is 0.0137. The number of sulfonamides is 1. The molecule has 0 spiro atoms. The Morgan fingerprint density at radius 3 is 2.57 bits per heavy atom. The van der Waals surface area contributed by atoms with Crippen LogP contribution in [-0.4, -0.2) is 21.4 Å². The van der Waals surface area contributed by atoms with Crippen LogP contribution in [0.4, 0.5) is 0 Å². The molecule has 2 aromatic carbocycles. The van der Waals surface area contributed by atoms with Crippen molar-refractivity contribution in [3.05, 3.63) is 81.0 Å². The zero-order valence-electron chi connectivity index (χ0n) is 16.2. The summed E-state index contributed by atoms with van der Waals surface area (Å²) in [5.74, 6) is 0.454. The first-order valence-corrected chi connectivity index (χ1v) is 12.2. The van der Waals surface area contributed by atoms with E-state index in [0.717, 1.165) is 14.9 Å².